The third-order valence-corrected chi connectivity index (χ3v) is 5.21. The lowest BCUT2D eigenvalue weighted by molar-refractivity contribution is 0.380. The van der Waals surface area contributed by atoms with Gasteiger partial charge in [0.2, 0.25) is 11.6 Å². The summed E-state index contributed by atoms with van der Waals surface area (Å²) in [5, 5.41) is 0. The number of nitrogen functional groups attached to an aromatic ring is 1. The lowest BCUT2D eigenvalue weighted by Crippen LogP contribution is -2.10. The van der Waals surface area contributed by atoms with E-state index in [2.05, 4.69) is 16.8 Å². The van der Waals surface area contributed by atoms with Crippen molar-refractivity contribution in [3.05, 3.63) is 69.3 Å². The van der Waals surface area contributed by atoms with Gasteiger partial charge in [0.25, 0.3) is 0 Å². The van der Waals surface area contributed by atoms with Crippen LogP contribution in [0.25, 0.3) is 22.3 Å². The number of rotatable bonds is 3. The van der Waals surface area contributed by atoms with Gasteiger partial charge >= 0.3 is 0 Å². The SMILES string of the molecule is Cc1c(N)c(N=S)c(C)c(-c2c(F)c(F)c(F)c(F)c2F)c1-c1c(F)c(F)c(F)c(F)c1F. The Kier molecular flexibility index (Phi) is 6.13. The number of benzene rings is 3. The van der Waals surface area contributed by atoms with Crippen LogP contribution >= 0.6 is 0 Å². The number of nitrogens with zero attached hydrogens (tertiary/aromatic N) is 1. The smallest absolute Gasteiger partial charge is 0.200 e. The normalized spacial score (nSPS) is 11.3. The van der Waals surface area contributed by atoms with Crippen LogP contribution in [0.15, 0.2) is 4.36 Å². The Bertz CT molecular complexity index is 1310. The fourth-order valence-corrected chi connectivity index (χ4v) is 3.63. The molecule has 0 radical (unpaired) electrons. The van der Waals surface area contributed by atoms with Crippen LogP contribution in [0, 0.1) is 72.0 Å². The highest BCUT2D eigenvalue weighted by Crippen LogP contribution is 2.49. The summed E-state index contributed by atoms with van der Waals surface area (Å²) in [6.45, 7) is 1.89. The van der Waals surface area contributed by atoms with Gasteiger partial charge in [0.1, 0.15) is 5.69 Å². The molecule has 0 spiro atoms. The van der Waals surface area contributed by atoms with Crippen molar-refractivity contribution in [2.24, 2.45) is 4.36 Å². The number of nitrogens with two attached hydrogens (primary N) is 1. The molecule has 0 aliphatic heterocycles. The van der Waals surface area contributed by atoms with Gasteiger partial charge in [0.05, 0.1) is 16.8 Å². The van der Waals surface area contributed by atoms with E-state index in [-0.39, 0.29) is 0 Å². The van der Waals surface area contributed by atoms with Gasteiger partial charge < -0.3 is 5.73 Å². The third kappa shape index (κ3) is 3.33. The van der Waals surface area contributed by atoms with Crippen LogP contribution in [0.3, 0.4) is 0 Å². The molecule has 33 heavy (non-hydrogen) atoms. The summed E-state index contributed by atoms with van der Waals surface area (Å²) in [7, 11) is 0. The predicted molar refractivity (Wildman–Crippen MR) is 100 cm³/mol. The van der Waals surface area contributed by atoms with E-state index in [1.54, 1.807) is 0 Å². The van der Waals surface area contributed by atoms with Gasteiger partial charge in [0, 0.05) is 23.6 Å². The van der Waals surface area contributed by atoms with Crippen LogP contribution in [0.1, 0.15) is 11.1 Å². The molecule has 0 saturated heterocycles. The quantitative estimate of drug-likeness (QED) is 0.183. The van der Waals surface area contributed by atoms with Crippen molar-refractivity contribution in [2.45, 2.75) is 13.8 Å². The van der Waals surface area contributed by atoms with Crippen molar-refractivity contribution in [2.75, 3.05) is 5.73 Å². The molecule has 0 heterocycles. The van der Waals surface area contributed by atoms with Crippen molar-refractivity contribution in [3.63, 3.8) is 0 Å². The van der Waals surface area contributed by atoms with Crippen molar-refractivity contribution in [1.29, 1.82) is 0 Å². The Morgan fingerprint density at radius 2 is 0.758 bits per heavy atom. The summed E-state index contributed by atoms with van der Waals surface area (Å²) >= 11 is 4.50. The topological polar surface area (TPSA) is 38.4 Å². The molecule has 0 fully saturated rings. The summed E-state index contributed by atoms with van der Waals surface area (Å²) in [4.78, 5) is 0. The number of anilines is 1. The van der Waals surface area contributed by atoms with Crippen LogP contribution in [-0.2, 0) is 12.4 Å². The molecule has 3 aromatic rings. The molecule has 3 aromatic carbocycles. The number of hydrogen-bond acceptors (Lipinski definition) is 3. The lowest BCUT2D eigenvalue weighted by atomic mass is 9.84. The molecular formula is C20H8F10N2S. The minimum Gasteiger partial charge on any atom is -0.397 e. The van der Waals surface area contributed by atoms with Gasteiger partial charge in [0.15, 0.2) is 46.5 Å². The zero-order valence-electron chi connectivity index (χ0n) is 16.2. The van der Waals surface area contributed by atoms with E-state index in [1.807, 2.05) is 0 Å². The molecule has 0 aliphatic carbocycles. The van der Waals surface area contributed by atoms with Gasteiger partial charge in [-0.15, -0.1) is 0 Å². The first-order valence-electron chi connectivity index (χ1n) is 8.58. The third-order valence-electron chi connectivity index (χ3n) is 5.03. The Hall–Kier alpha value is -3.22. The average molecular weight is 498 g/mol. The Morgan fingerprint density at radius 3 is 1.06 bits per heavy atom. The van der Waals surface area contributed by atoms with Crippen LogP contribution in [0.2, 0.25) is 0 Å². The first-order valence-corrected chi connectivity index (χ1v) is 8.95. The van der Waals surface area contributed by atoms with E-state index in [1.165, 1.54) is 0 Å². The maximum Gasteiger partial charge on any atom is 0.200 e. The standard InChI is InChI=1S/C20H8F10N2S/c1-3-5(7-9(21)13(25)17(29)14(26)10(7)22)6(4(2)20(32-33)19(3)31)8-11(23)15(27)18(30)16(28)12(8)24/h31H2,1-2H3. The van der Waals surface area contributed by atoms with E-state index in [9.17, 15) is 43.9 Å². The van der Waals surface area contributed by atoms with E-state index in [0.29, 0.717) is 0 Å². The maximum atomic E-state index is 14.7. The molecule has 0 amide bonds. The first kappa shape index (κ1) is 24.4. The molecule has 0 aliphatic rings. The second-order valence-corrected chi connectivity index (χ2v) is 6.93. The molecule has 0 bridgehead atoms. The van der Waals surface area contributed by atoms with E-state index in [4.69, 9.17) is 5.73 Å². The molecule has 2 N–H and O–H groups in total. The van der Waals surface area contributed by atoms with E-state index >= 15 is 0 Å². The van der Waals surface area contributed by atoms with Crippen LogP contribution < -0.4 is 5.73 Å². The summed E-state index contributed by atoms with van der Waals surface area (Å²) in [5.41, 5.74) is -1.88. The fraction of sp³-hybridized carbons (Fsp3) is 0.100. The Morgan fingerprint density at radius 1 is 0.485 bits per heavy atom. The van der Waals surface area contributed by atoms with Gasteiger partial charge in [-0.1, -0.05) is 0 Å². The fourth-order valence-electron chi connectivity index (χ4n) is 3.40. The molecule has 0 saturated carbocycles. The summed E-state index contributed by atoms with van der Waals surface area (Å²) in [6.07, 6.45) is 0. The van der Waals surface area contributed by atoms with Crippen molar-refractivity contribution in [1.82, 2.24) is 0 Å². The van der Waals surface area contributed by atoms with Crippen LogP contribution in [0.5, 0.6) is 0 Å². The predicted octanol–water partition coefficient (Wildman–Crippen LogP) is 6.97. The van der Waals surface area contributed by atoms with Crippen LogP contribution in [-0.4, -0.2) is 0 Å². The molecule has 0 aromatic heterocycles. The highest BCUT2D eigenvalue weighted by molar-refractivity contribution is 7.47. The zero-order chi connectivity index (χ0) is 25.1. The second-order valence-electron chi connectivity index (χ2n) is 6.74. The average Bonchev–Trinajstić information content (AvgIpc) is 2.79. The number of halogens is 10. The van der Waals surface area contributed by atoms with Crippen molar-refractivity contribution < 1.29 is 43.9 Å². The monoisotopic (exact) mass is 498 g/mol. The van der Waals surface area contributed by atoms with Crippen molar-refractivity contribution in [3.8, 4) is 22.3 Å². The molecule has 13 heteroatoms. The highest BCUT2D eigenvalue weighted by atomic mass is 32.1. The molecule has 174 valence electrons. The summed E-state index contributed by atoms with van der Waals surface area (Å²) < 4.78 is 145. The minimum atomic E-state index is -2.54. The van der Waals surface area contributed by atoms with E-state index < -0.39 is 103 Å². The largest absolute Gasteiger partial charge is 0.397 e. The number of hydrogen-bond donors (Lipinski definition) is 1. The minimum absolute atomic E-state index is 0.450. The molecular weight excluding hydrogens is 490 g/mol. The molecule has 0 atom stereocenters. The van der Waals surface area contributed by atoms with Crippen molar-refractivity contribution >= 4 is 23.8 Å². The van der Waals surface area contributed by atoms with Gasteiger partial charge in [-0.05, 0) is 25.0 Å². The van der Waals surface area contributed by atoms with Crippen LogP contribution in [0.4, 0.5) is 55.3 Å². The Labute approximate surface area is 183 Å². The summed E-state index contributed by atoms with van der Waals surface area (Å²) in [5.74, 6) is -24.5. The van der Waals surface area contributed by atoms with Gasteiger partial charge in [-0.2, -0.15) is 4.36 Å². The van der Waals surface area contributed by atoms with Gasteiger partial charge in [-0.25, -0.2) is 43.9 Å². The lowest BCUT2D eigenvalue weighted by Gasteiger charge is -2.22. The Balaban J connectivity index is 2.73. The first-order chi connectivity index (χ1) is 15.3. The summed E-state index contributed by atoms with van der Waals surface area (Å²) in [6, 6.07) is 0. The zero-order valence-corrected chi connectivity index (χ0v) is 17.0. The molecule has 2 nitrogen and oxygen atoms in total. The van der Waals surface area contributed by atoms with Gasteiger partial charge in [-0.3, -0.25) is 0 Å². The molecule has 0 unspecified atom stereocenters. The van der Waals surface area contributed by atoms with E-state index in [0.717, 1.165) is 13.8 Å². The maximum absolute atomic E-state index is 14.7. The highest BCUT2D eigenvalue weighted by Gasteiger charge is 2.35. The second kappa shape index (κ2) is 8.28. The molecule has 3 rings (SSSR count).